The van der Waals surface area contributed by atoms with Crippen molar-refractivity contribution < 1.29 is 13.2 Å². The van der Waals surface area contributed by atoms with E-state index in [0.29, 0.717) is 5.56 Å². The summed E-state index contributed by atoms with van der Waals surface area (Å²) in [5, 5.41) is 0. The van der Waals surface area contributed by atoms with Crippen molar-refractivity contribution in [3.05, 3.63) is 69.4 Å². The highest BCUT2D eigenvalue weighted by molar-refractivity contribution is 9.10. The molecule has 2 aromatic carbocycles. The minimum atomic E-state index is -0.914. The molecule has 0 bridgehead atoms. The van der Waals surface area contributed by atoms with E-state index >= 15 is 0 Å². The molecule has 1 nitrogen and oxygen atoms in total. The average Bonchev–Trinajstić information content (AvgIpc) is 2.33. The number of nitrogens with two attached hydrogens (primary N) is 1. The fraction of sp³-hybridized carbons (Fsp3) is 0.0769. The summed E-state index contributed by atoms with van der Waals surface area (Å²) in [5.74, 6) is -1.72. The highest BCUT2D eigenvalue weighted by atomic mass is 79.9. The second-order valence-corrected chi connectivity index (χ2v) is 4.67. The summed E-state index contributed by atoms with van der Waals surface area (Å²) in [4.78, 5) is 0. The Labute approximate surface area is 111 Å². The normalized spacial score (nSPS) is 12.5. The molecule has 0 aliphatic carbocycles. The lowest BCUT2D eigenvalue weighted by Crippen LogP contribution is -2.14. The third-order valence-corrected chi connectivity index (χ3v) is 3.19. The minimum Gasteiger partial charge on any atom is -0.320 e. The molecule has 0 saturated heterocycles. The molecule has 2 N–H and O–H groups in total. The van der Waals surface area contributed by atoms with Crippen LogP contribution in [0.3, 0.4) is 0 Å². The van der Waals surface area contributed by atoms with Crippen LogP contribution < -0.4 is 5.73 Å². The molecule has 2 aromatic rings. The van der Waals surface area contributed by atoms with Gasteiger partial charge in [-0.1, -0.05) is 12.1 Å². The van der Waals surface area contributed by atoms with E-state index in [1.807, 2.05) is 0 Å². The predicted molar refractivity (Wildman–Crippen MR) is 66.5 cm³/mol. The van der Waals surface area contributed by atoms with Gasteiger partial charge in [0.1, 0.15) is 17.5 Å². The SMILES string of the molecule is NC(c1cccc(F)c1)c1cc(F)c(Br)cc1F. The Morgan fingerprint density at radius 1 is 1.00 bits per heavy atom. The predicted octanol–water partition coefficient (Wildman–Crippen LogP) is 3.91. The van der Waals surface area contributed by atoms with E-state index in [1.54, 1.807) is 6.07 Å². The molecule has 0 spiro atoms. The first-order chi connectivity index (χ1) is 8.49. The van der Waals surface area contributed by atoms with E-state index in [-0.39, 0.29) is 10.0 Å². The number of hydrogen-bond acceptors (Lipinski definition) is 1. The van der Waals surface area contributed by atoms with Gasteiger partial charge in [0.15, 0.2) is 0 Å². The molecule has 18 heavy (non-hydrogen) atoms. The van der Waals surface area contributed by atoms with E-state index in [4.69, 9.17) is 5.73 Å². The number of halogens is 4. The molecule has 0 aromatic heterocycles. The molecule has 0 heterocycles. The lowest BCUT2D eigenvalue weighted by atomic mass is 9.99. The molecule has 5 heteroatoms. The van der Waals surface area contributed by atoms with Crippen LogP contribution in [0.5, 0.6) is 0 Å². The van der Waals surface area contributed by atoms with Gasteiger partial charge in [0.2, 0.25) is 0 Å². The lowest BCUT2D eigenvalue weighted by Gasteiger charge is -2.14. The summed E-state index contributed by atoms with van der Waals surface area (Å²) in [6.07, 6.45) is 0. The molecule has 0 amide bonds. The van der Waals surface area contributed by atoms with Crippen molar-refractivity contribution >= 4 is 15.9 Å². The van der Waals surface area contributed by atoms with E-state index in [1.165, 1.54) is 18.2 Å². The summed E-state index contributed by atoms with van der Waals surface area (Å²) in [7, 11) is 0. The van der Waals surface area contributed by atoms with Crippen LogP contribution in [0.4, 0.5) is 13.2 Å². The maximum absolute atomic E-state index is 13.7. The van der Waals surface area contributed by atoms with Gasteiger partial charge in [0, 0.05) is 5.56 Å². The monoisotopic (exact) mass is 315 g/mol. The molecule has 0 radical (unpaired) electrons. The van der Waals surface area contributed by atoms with Gasteiger partial charge in [0.25, 0.3) is 0 Å². The average molecular weight is 316 g/mol. The summed E-state index contributed by atoms with van der Waals surface area (Å²) >= 11 is 2.88. The van der Waals surface area contributed by atoms with Crippen LogP contribution in [0.2, 0.25) is 0 Å². The molecular formula is C13H9BrF3N. The first-order valence-electron chi connectivity index (χ1n) is 5.14. The third kappa shape index (κ3) is 2.57. The van der Waals surface area contributed by atoms with E-state index < -0.39 is 23.5 Å². The Balaban J connectivity index is 2.46. The van der Waals surface area contributed by atoms with Gasteiger partial charge in [0.05, 0.1) is 10.5 Å². The minimum absolute atomic E-state index is 0.0127. The zero-order valence-electron chi connectivity index (χ0n) is 9.13. The Kier molecular flexibility index (Phi) is 3.73. The maximum atomic E-state index is 13.7. The van der Waals surface area contributed by atoms with Crippen molar-refractivity contribution in [2.45, 2.75) is 6.04 Å². The quantitative estimate of drug-likeness (QED) is 0.835. The first-order valence-corrected chi connectivity index (χ1v) is 5.94. The Morgan fingerprint density at radius 2 is 1.72 bits per heavy atom. The topological polar surface area (TPSA) is 26.0 Å². The Morgan fingerprint density at radius 3 is 2.39 bits per heavy atom. The largest absolute Gasteiger partial charge is 0.320 e. The van der Waals surface area contributed by atoms with Gasteiger partial charge in [-0.3, -0.25) is 0 Å². The highest BCUT2D eigenvalue weighted by Gasteiger charge is 2.16. The second-order valence-electron chi connectivity index (χ2n) is 3.82. The van der Waals surface area contributed by atoms with Gasteiger partial charge >= 0.3 is 0 Å². The van der Waals surface area contributed by atoms with Crippen LogP contribution in [-0.4, -0.2) is 0 Å². The van der Waals surface area contributed by atoms with Crippen LogP contribution in [0, 0.1) is 17.5 Å². The van der Waals surface area contributed by atoms with Crippen LogP contribution in [-0.2, 0) is 0 Å². The molecule has 0 fully saturated rings. The van der Waals surface area contributed by atoms with Crippen LogP contribution >= 0.6 is 15.9 Å². The molecule has 1 unspecified atom stereocenters. The van der Waals surface area contributed by atoms with Gasteiger partial charge < -0.3 is 5.73 Å². The fourth-order valence-electron chi connectivity index (χ4n) is 1.66. The van der Waals surface area contributed by atoms with Crippen LogP contribution in [0.25, 0.3) is 0 Å². The third-order valence-electron chi connectivity index (χ3n) is 2.58. The zero-order valence-corrected chi connectivity index (χ0v) is 10.7. The smallest absolute Gasteiger partial charge is 0.137 e. The Bertz CT molecular complexity index is 586. The molecular weight excluding hydrogens is 307 g/mol. The van der Waals surface area contributed by atoms with Crippen LogP contribution in [0.15, 0.2) is 40.9 Å². The molecule has 0 saturated carbocycles. The summed E-state index contributed by atoms with van der Waals surface area (Å²) in [5.41, 5.74) is 6.19. The van der Waals surface area contributed by atoms with E-state index in [0.717, 1.165) is 12.1 Å². The van der Waals surface area contributed by atoms with Crippen molar-refractivity contribution in [3.63, 3.8) is 0 Å². The number of rotatable bonds is 2. The van der Waals surface area contributed by atoms with Gasteiger partial charge in [-0.05, 0) is 45.8 Å². The van der Waals surface area contributed by atoms with Crippen molar-refractivity contribution in [1.29, 1.82) is 0 Å². The molecule has 2 rings (SSSR count). The zero-order chi connectivity index (χ0) is 13.3. The Hall–Kier alpha value is -1.33. The van der Waals surface area contributed by atoms with Gasteiger partial charge in [-0.15, -0.1) is 0 Å². The molecule has 1 atom stereocenters. The highest BCUT2D eigenvalue weighted by Crippen LogP contribution is 2.27. The molecule has 0 aliphatic heterocycles. The van der Waals surface area contributed by atoms with Crippen molar-refractivity contribution in [3.8, 4) is 0 Å². The molecule has 94 valence electrons. The van der Waals surface area contributed by atoms with Gasteiger partial charge in [-0.2, -0.15) is 0 Å². The number of hydrogen-bond donors (Lipinski definition) is 1. The second kappa shape index (κ2) is 5.12. The van der Waals surface area contributed by atoms with E-state index in [2.05, 4.69) is 15.9 Å². The molecule has 0 aliphatic rings. The first kappa shape index (κ1) is 13.1. The maximum Gasteiger partial charge on any atom is 0.137 e. The standard InChI is InChI=1S/C13H9BrF3N/c14-10-6-11(16)9(5-12(10)17)13(18)7-2-1-3-8(15)4-7/h1-6,13H,18H2. The summed E-state index contributed by atoms with van der Waals surface area (Å²) < 4.78 is 40.1. The summed E-state index contributed by atoms with van der Waals surface area (Å²) in [6.45, 7) is 0. The van der Waals surface area contributed by atoms with Crippen LogP contribution in [0.1, 0.15) is 17.2 Å². The number of benzene rings is 2. The fourth-order valence-corrected chi connectivity index (χ4v) is 1.97. The van der Waals surface area contributed by atoms with Crippen molar-refractivity contribution in [2.75, 3.05) is 0 Å². The lowest BCUT2D eigenvalue weighted by molar-refractivity contribution is 0.570. The van der Waals surface area contributed by atoms with Crippen molar-refractivity contribution in [2.24, 2.45) is 5.73 Å². The van der Waals surface area contributed by atoms with Crippen molar-refractivity contribution in [1.82, 2.24) is 0 Å². The van der Waals surface area contributed by atoms with Gasteiger partial charge in [-0.25, -0.2) is 13.2 Å². The summed E-state index contributed by atoms with van der Waals surface area (Å²) in [6, 6.07) is 6.59. The van der Waals surface area contributed by atoms with E-state index in [9.17, 15) is 13.2 Å².